The first kappa shape index (κ1) is 18.8. The predicted molar refractivity (Wildman–Crippen MR) is 115 cm³/mol. The third-order valence-corrected chi connectivity index (χ3v) is 7.14. The maximum Gasteiger partial charge on any atom is 0.166 e. The number of hydrogen-bond donors (Lipinski definition) is 3. The number of aromatic nitrogens is 2. The highest BCUT2D eigenvalue weighted by Crippen LogP contribution is 2.42. The van der Waals surface area contributed by atoms with Gasteiger partial charge in [-0.3, -0.25) is 4.68 Å². The maximum absolute atomic E-state index is 4.56. The molecular formula is C21H33N5S. The Bertz CT molecular complexity index is 771. The molecule has 2 aliphatic carbocycles. The van der Waals surface area contributed by atoms with E-state index in [0.29, 0.717) is 12.0 Å². The molecule has 2 fully saturated rings. The number of thiophene rings is 1. The van der Waals surface area contributed by atoms with Crippen molar-refractivity contribution in [2.75, 3.05) is 25.0 Å². The van der Waals surface area contributed by atoms with Crippen LogP contribution in [0, 0.1) is 17.8 Å². The van der Waals surface area contributed by atoms with Gasteiger partial charge in [-0.05, 0) is 61.9 Å². The minimum Gasteiger partial charge on any atom is -0.386 e. The molecule has 5 nitrogen and oxygen atoms in total. The van der Waals surface area contributed by atoms with Crippen LogP contribution >= 0.6 is 11.3 Å². The third kappa shape index (κ3) is 4.49. The highest BCUT2D eigenvalue weighted by Gasteiger charge is 2.39. The third-order valence-electron chi connectivity index (χ3n) is 6.23. The molecule has 2 atom stereocenters. The summed E-state index contributed by atoms with van der Waals surface area (Å²) in [7, 11) is 2.00. The Morgan fingerprint density at radius 1 is 1.30 bits per heavy atom. The molecule has 2 aliphatic rings. The molecule has 148 valence electrons. The molecule has 4 rings (SSSR count). The molecule has 0 amide bonds. The zero-order valence-corrected chi connectivity index (χ0v) is 17.4. The van der Waals surface area contributed by atoms with Gasteiger partial charge in [-0.25, -0.2) is 0 Å². The van der Waals surface area contributed by atoms with Gasteiger partial charge in [-0.2, -0.15) is 5.10 Å². The molecule has 2 saturated carbocycles. The van der Waals surface area contributed by atoms with Gasteiger partial charge < -0.3 is 16.0 Å². The Labute approximate surface area is 166 Å². The van der Waals surface area contributed by atoms with Crippen molar-refractivity contribution in [1.29, 1.82) is 0 Å². The van der Waals surface area contributed by atoms with E-state index >= 15 is 0 Å². The van der Waals surface area contributed by atoms with Crippen molar-refractivity contribution in [3.05, 3.63) is 23.7 Å². The normalized spacial score (nSPS) is 27.6. The number of fused-ring (bicyclic) bond motifs is 1. The molecule has 2 aromatic heterocycles. The molecule has 0 saturated heterocycles. The number of nitrogens with zero attached hydrogens (tertiary/aromatic N) is 2. The molecule has 2 heterocycles. The van der Waals surface area contributed by atoms with Crippen LogP contribution in [0.15, 0.2) is 23.7 Å². The largest absolute Gasteiger partial charge is 0.386 e. The second-order valence-electron chi connectivity index (χ2n) is 8.47. The molecule has 0 bridgehead atoms. The highest BCUT2D eigenvalue weighted by atomic mass is 32.1. The van der Waals surface area contributed by atoms with Crippen LogP contribution in [0.25, 0.3) is 10.2 Å². The SMILES string of the molecule is C=C(NC1CCC(C)CC1)[C@@H]1CC1CNCCNc1nn(C)c2ccsc12. The first-order valence-electron chi connectivity index (χ1n) is 10.4. The minimum absolute atomic E-state index is 0.666. The Morgan fingerprint density at radius 2 is 2.11 bits per heavy atom. The van der Waals surface area contributed by atoms with Gasteiger partial charge >= 0.3 is 0 Å². The van der Waals surface area contributed by atoms with Crippen molar-refractivity contribution in [2.24, 2.45) is 24.8 Å². The van der Waals surface area contributed by atoms with Gasteiger partial charge in [0.2, 0.25) is 0 Å². The van der Waals surface area contributed by atoms with E-state index in [1.807, 2.05) is 11.7 Å². The molecular weight excluding hydrogens is 354 g/mol. The van der Waals surface area contributed by atoms with Gasteiger partial charge in [0.15, 0.2) is 5.82 Å². The van der Waals surface area contributed by atoms with Crippen molar-refractivity contribution in [3.8, 4) is 0 Å². The Balaban J connectivity index is 1.11. The summed E-state index contributed by atoms with van der Waals surface area (Å²) >= 11 is 1.75. The van der Waals surface area contributed by atoms with Crippen molar-refractivity contribution in [2.45, 2.75) is 45.1 Å². The van der Waals surface area contributed by atoms with Gasteiger partial charge in [-0.1, -0.05) is 13.5 Å². The van der Waals surface area contributed by atoms with E-state index in [2.05, 4.69) is 46.0 Å². The zero-order valence-electron chi connectivity index (χ0n) is 16.6. The number of rotatable bonds is 9. The fraction of sp³-hybridized carbons (Fsp3) is 0.667. The molecule has 3 N–H and O–H groups in total. The van der Waals surface area contributed by atoms with Crippen LogP contribution in [0.5, 0.6) is 0 Å². The average Bonchev–Trinajstić information content (AvgIpc) is 3.14. The van der Waals surface area contributed by atoms with Gasteiger partial charge in [0.05, 0.1) is 10.2 Å². The smallest absolute Gasteiger partial charge is 0.166 e. The van der Waals surface area contributed by atoms with Crippen molar-refractivity contribution in [3.63, 3.8) is 0 Å². The van der Waals surface area contributed by atoms with E-state index in [-0.39, 0.29) is 0 Å². The Morgan fingerprint density at radius 3 is 2.93 bits per heavy atom. The lowest BCUT2D eigenvalue weighted by molar-refractivity contribution is 0.318. The van der Waals surface area contributed by atoms with Gasteiger partial charge in [-0.15, -0.1) is 11.3 Å². The van der Waals surface area contributed by atoms with Crippen LogP contribution in [0.4, 0.5) is 5.82 Å². The number of hydrogen-bond acceptors (Lipinski definition) is 5. The fourth-order valence-corrected chi connectivity index (χ4v) is 5.21. The minimum atomic E-state index is 0.666. The lowest BCUT2D eigenvalue weighted by Crippen LogP contribution is -2.33. The van der Waals surface area contributed by atoms with Crippen molar-refractivity contribution < 1.29 is 0 Å². The first-order valence-corrected chi connectivity index (χ1v) is 11.3. The monoisotopic (exact) mass is 387 g/mol. The molecule has 6 heteroatoms. The molecule has 0 aromatic carbocycles. The molecule has 1 unspecified atom stereocenters. The van der Waals surface area contributed by atoms with Crippen LogP contribution in [0.3, 0.4) is 0 Å². The van der Waals surface area contributed by atoms with Crippen LogP contribution in [-0.2, 0) is 7.05 Å². The van der Waals surface area contributed by atoms with E-state index in [0.717, 1.165) is 37.3 Å². The number of allylic oxidation sites excluding steroid dienone is 1. The summed E-state index contributed by atoms with van der Waals surface area (Å²) in [6.45, 7) is 9.66. The van der Waals surface area contributed by atoms with Crippen LogP contribution in [0.2, 0.25) is 0 Å². The fourth-order valence-electron chi connectivity index (χ4n) is 4.33. The summed E-state index contributed by atoms with van der Waals surface area (Å²) < 4.78 is 3.20. The summed E-state index contributed by atoms with van der Waals surface area (Å²) in [4.78, 5) is 0. The number of nitrogens with one attached hydrogen (secondary N) is 3. The van der Waals surface area contributed by atoms with Crippen molar-refractivity contribution in [1.82, 2.24) is 20.4 Å². The number of aryl methyl sites for hydroxylation is 1. The van der Waals surface area contributed by atoms with E-state index in [1.54, 1.807) is 11.3 Å². The lowest BCUT2D eigenvalue weighted by atomic mass is 9.87. The highest BCUT2D eigenvalue weighted by molar-refractivity contribution is 7.17. The quantitative estimate of drug-likeness (QED) is 0.570. The summed E-state index contributed by atoms with van der Waals surface area (Å²) in [5.41, 5.74) is 2.49. The van der Waals surface area contributed by atoms with E-state index < -0.39 is 0 Å². The van der Waals surface area contributed by atoms with E-state index in [1.165, 1.54) is 48.0 Å². The molecule has 0 spiro atoms. The topological polar surface area (TPSA) is 53.9 Å². The van der Waals surface area contributed by atoms with E-state index in [4.69, 9.17) is 0 Å². The van der Waals surface area contributed by atoms with Crippen LogP contribution in [0.1, 0.15) is 39.0 Å². The van der Waals surface area contributed by atoms with Crippen LogP contribution < -0.4 is 16.0 Å². The summed E-state index contributed by atoms with van der Waals surface area (Å²) in [5.74, 6) is 3.34. The van der Waals surface area contributed by atoms with Crippen molar-refractivity contribution >= 4 is 27.4 Å². The second kappa shape index (κ2) is 8.23. The predicted octanol–water partition coefficient (Wildman–Crippen LogP) is 3.95. The summed E-state index contributed by atoms with van der Waals surface area (Å²) in [6, 6.07) is 2.79. The second-order valence-corrected chi connectivity index (χ2v) is 9.38. The Kier molecular flexibility index (Phi) is 5.74. The average molecular weight is 388 g/mol. The molecule has 0 radical (unpaired) electrons. The zero-order chi connectivity index (χ0) is 18.8. The van der Waals surface area contributed by atoms with E-state index in [9.17, 15) is 0 Å². The molecule has 2 aromatic rings. The molecule has 0 aliphatic heterocycles. The lowest BCUT2D eigenvalue weighted by Gasteiger charge is -2.28. The maximum atomic E-state index is 4.56. The van der Waals surface area contributed by atoms with Gasteiger partial charge in [0.1, 0.15) is 0 Å². The summed E-state index contributed by atoms with van der Waals surface area (Å²) in [6.07, 6.45) is 6.63. The van der Waals surface area contributed by atoms with Gasteiger partial charge in [0, 0.05) is 37.8 Å². The number of anilines is 1. The van der Waals surface area contributed by atoms with Gasteiger partial charge in [0.25, 0.3) is 0 Å². The Hall–Kier alpha value is -1.53. The van der Waals surface area contributed by atoms with Crippen LogP contribution in [-0.4, -0.2) is 35.5 Å². The summed E-state index contributed by atoms with van der Waals surface area (Å²) in [5, 5.41) is 17.5. The molecule has 27 heavy (non-hydrogen) atoms. The first-order chi connectivity index (χ1) is 13.1. The standard InChI is InChI=1S/C21H33N5S/c1-14-4-6-17(7-5-14)24-15(2)18-12-16(18)13-22-9-10-23-21-20-19(8-11-27-20)26(3)25-21/h8,11,14,16-18,22,24H,2,4-7,9-10,12-13H2,1,3H3,(H,23,25)/t14?,16?,17?,18-/m0/s1.